The first-order valence-electron chi connectivity index (χ1n) is 5.45. The number of hydrogen-bond donors (Lipinski definition) is 0. The van der Waals surface area contributed by atoms with Crippen molar-refractivity contribution in [2.45, 2.75) is 39.3 Å². The maximum absolute atomic E-state index is 14.7. The first kappa shape index (κ1) is 12.2. The van der Waals surface area contributed by atoms with E-state index in [9.17, 15) is 8.78 Å². The average molecular weight is 212 g/mol. The van der Waals surface area contributed by atoms with Crippen LogP contribution in [0.15, 0.2) is 24.3 Å². The van der Waals surface area contributed by atoms with Crippen LogP contribution in [0.5, 0.6) is 0 Å². The minimum absolute atomic E-state index is 0.0945. The van der Waals surface area contributed by atoms with Crippen molar-refractivity contribution in [3.63, 3.8) is 0 Å². The number of hydrogen-bond acceptors (Lipinski definition) is 0. The van der Waals surface area contributed by atoms with Gasteiger partial charge in [-0.15, -0.1) is 0 Å². The summed E-state index contributed by atoms with van der Waals surface area (Å²) in [6.45, 7) is 5.68. The molecule has 1 atom stereocenters. The smallest absolute Gasteiger partial charge is 0.138 e. The lowest BCUT2D eigenvalue weighted by molar-refractivity contribution is 0.0860. The van der Waals surface area contributed by atoms with Gasteiger partial charge in [0, 0.05) is 0 Å². The molecule has 0 fully saturated rings. The molecule has 0 aliphatic carbocycles. The first-order chi connectivity index (χ1) is 7.00. The normalized spacial score (nSPS) is 15.3. The molecule has 0 heterocycles. The molecule has 0 saturated heterocycles. The summed E-state index contributed by atoms with van der Waals surface area (Å²) in [7, 11) is 0. The zero-order valence-corrected chi connectivity index (χ0v) is 9.56. The molecule has 1 aromatic carbocycles. The second kappa shape index (κ2) is 4.73. The molecule has 0 spiro atoms. The highest BCUT2D eigenvalue weighted by Crippen LogP contribution is 2.38. The summed E-state index contributed by atoms with van der Waals surface area (Å²) in [6.07, 6.45) is 1.27. The van der Waals surface area contributed by atoms with E-state index in [-0.39, 0.29) is 11.7 Å². The summed E-state index contributed by atoms with van der Waals surface area (Å²) >= 11 is 0. The summed E-state index contributed by atoms with van der Waals surface area (Å²) in [4.78, 5) is 0. The molecule has 0 saturated carbocycles. The van der Waals surface area contributed by atoms with Gasteiger partial charge in [0.2, 0.25) is 0 Å². The Morgan fingerprint density at radius 3 is 2.13 bits per heavy atom. The molecular weight excluding hydrogens is 194 g/mol. The van der Waals surface area contributed by atoms with Crippen molar-refractivity contribution in [2.75, 3.05) is 0 Å². The lowest BCUT2D eigenvalue weighted by Gasteiger charge is -2.29. The molecule has 0 bridgehead atoms. The number of rotatable bonds is 4. The van der Waals surface area contributed by atoms with Crippen LogP contribution in [0.1, 0.15) is 39.2 Å². The van der Waals surface area contributed by atoms with Gasteiger partial charge in [-0.25, -0.2) is 8.78 Å². The van der Waals surface area contributed by atoms with Crippen LogP contribution in [0.2, 0.25) is 0 Å². The van der Waals surface area contributed by atoms with E-state index in [1.54, 1.807) is 12.1 Å². The highest BCUT2D eigenvalue weighted by atomic mass is 19.1. The molecule has 2 heteroatoms. The van der Waals surface area contributed by atoms with Crippen molar-refractivity contribution in [1.29, 1.82) is 0 Å². The molecule has 0 radical (unpaired) electrons. The third-order valence-electron chi connectivity index (χ3n) is 2.85. The summed E-state index contributed by atoms with van der Waals surface area (Å²) < 4.78 is 27.4. The fourth-order valence-corrected chi connectivity index (χ4v) is 1.86. The fraction of sp³-hybridized carbons (Fsp3) is 0.538. The molecule has 84 valence electrons. The summed E-state index contributed by atoms with van der Waals surface area (Å²) in [5, 5.41) is 0. The van der Waals surface area contributed by atoms with E-state index in [0.29, 0.717) is 12.0 Å². The third kappa shape index (κ3) is 2.55. The molecular formula is C13H18F2. The van der Waals surface area contributed by atoms with Gasteiger partial charge in [-0.3, -0.25) is 0 Å². The van der Waals surface area contributed by atoms with E-state index >= 15 is 0 Å². The van der Waals surface area contributed by atoms with Crippen LogP contribution >= 0.6 is 0 Å². The lowest BCUT2D eigenvalue weighted by atomic mass is 9.82. The predicted molar refractivity (Wildman–Crippen MR) is 58.9 cm³/mol. The van der Waals surface area contributed by atoms with Crippen LogP contribution in [0.4, 0.5) is 8.78 Å². The second-order valence-electron chi connectivity index (χ2n) is 4.27. The van der Waals surface area contributed by atoms with Gasteiger partial charge >= 0.3 is 0 Å². The minimum atomic E-state index is -1.33. The second-order valence-corrected chi connectivity index (χ2v) is 4.27. The molecule has 0 aliphatic heterocycles. The Balaban J connectivity index is 3.04. The number of benzene rings is 1. The van der Waals surface area contributed by atoms with Crippen LogP contribution in [0, 0.1) is 11.7 Å². The Morgan fingerprint density at radius 1 is 1.20 bits per heavy atom. The molecule has 1 aromatic rings. The molecule has 0 amide bonds. The Bertz CT molecular complexity index is 303. The maximum Gasteiger partial charge on any atom is 0.138 e. The average Bonchev–Trinajstić information content (AvgIpc) is 2.18. The Labute approximate surface area is 90.3 Å². The predicted octanol–water partition coefficient (Wildman–Crippen LogP) is 4.45. The van der Waals surface area contributed by atoms with Gasteiger partial charge in [0.25, 0.3) is 0 Å². The van der Waals surface area contributed by atoms with E-state index in [2.05, 4.69) is 0 Å². The van der Waals surface area contributed by atoms with E-state index in [1.165, 1.54) is 12.1 Å². The van der Waals surface area contributed by atoms with E-state index in [0.717, 1.165) is 6.42 Å². The van der Waals surface area contributed by atoms with Crippen LogP contribution in [0.3, 0.4) is 0 Å². The van der Waals surface area contributed by atoms with Gasteiger partial charge in [-0.2, -0.15) is 0 Å². The van der Waals surface area contributed by atoms with E-state index < -0.39 is 5.67 Å². The van der Waals surface area contributed by atoms with Crippen molar-refractivity contribution in [1.82, 2.24) is 0 Å². The molecule has 0 nitrogen and oxygen atoms in total. The highest BCUT2D eigenvalue weighted by Gasteiger charge is 2.34. The SMILES string of the molecule is CCCC(F)(c1ccc(F)cc1)C(C)C. The fourth-order valence-electron chi connectivity index (χ4n) is 1.86. The molecule has 15 heavy (non-hydrogen) atoms. The van der Waals surface area contributed by atoms with Gasteiger partial charge in [0.05, 0.1) is 0 Å². The molecule has 0 aromatic heterocycles. The first-order valence-corrected chi connectivity index (χ1v) is 5.45. The zero-order chi connectivity index (χ0) is 11.5. The minimum Gasteiger partial charge on any atom is -0.238 e. The van der Waals surface area contributed by atoms with Crippen LogP contribution in [0.25, 0.3) is 0 Å². The van der Waals surface area contributed by atoms with Gasteiger partial charge in [-0.1, -0.05) is 39.3 Å². The quantitative estimate of drug-likeness (QED) is 0.691. The van der Waals surface area contributed by atoms with Crippen molar-refractivity contribution in [3.05, 3.63) is 35.6 Å². The van der Waals surface area contributed by atoms with Crippen molar-refractivity contribution >= 4 is 0 Å². The monoisotopic (exact) mass is 212 g/mol. The van der Waals surface area contributed by atoms with Gasteiger partial charge in [0.1, 0.15) is 11.5 Å². The Hall–Kier alpha value is -0.920. The Kier molecular flexibility index (Phi) is 3.83. The lowest BCUT2D eigenvalue weighted by Crippen LogP contribution is -2.26. The largest absolute Gasteiger partial charge is 0.238 e. The van der Waals surface area contributed by atoms with E-state index in [4.69, 9.17) is 0 Å². The molecule has 1 unspecified atom stereocenters. The number of alkyl halides is 1. The standard InChI is InChI=1S/C13H18F2/c1-4-9-13(15,10(2)3)11-5-7-12(14)8-6-11/h5-8,10H,4,9H2,1-3H3. The Morgan fingerprint density at radius 2 is 1.73 bits per heavy atom. The summed E-state index contributed by atoms with van der Waals surface area (Å²) in [5.74, 6) is -0.413. The molecule has 1 rings (SSSR count). The van der Waals surface area contributed by atoms with Gasteiger partial charge in [-0.05, 0) is 30.0 Å². The van der Waals surface area contributed by atoms with Crippen LogP contribution in [-0.2, 0) is 5.67 Å². The zero-order valence-electron chi connectivity index (χ0n) is 9.56. The van der Waals surface area contributed by atoms with E-state index in [1.807, 2.05) is 20.8 Å². The van der Waals surface area contributed by atoms with Crippen LogP contribution < -0.4 is 0 Å². The third-order valence-corrected chi connectivity index (χ3v) is 2.85. The highest BCUT2D eigenvalue weighted by molar-refractivity contribution is 5.23. The number of halogens is 2. The molecule has 0 aliphatic rings. The van der Waals surface area contributed by atoms with Crippen molar-refractivity contribution in [2.24, 2.45) is 5.92 Å². The molecule has 0 N–H and O–H groups in total. The van der Waals surface area contributed by atoms with Gasteiger partial charge in [0.15, 0.2) is 0 Å². The topological polar surface area (TPSA) is 0 Å². The summed E-state index contributed by atoms with van der Waals surface area (Å²) in [5.41, 5.74) is -0.747. The summed E-state index contributed by atoms with van der Waals surface area (Å²) in [6, 6.07) is 5.74. The van der Waals surface area contributed by atoms with Crippen molar-refractivity contribution < 1.29 is 8.78 Å². The van der Waals surface area contributed by atoms with Crippen LogP contribution in [-0.4, -0.2) is 0 Å². The maximum atomic E-state index is 14.7. The van der Waals surface area contributed by atoms with Gasteiger partial charge < -0.3 is 0 Å². The van der Waals surface area contributed by atoms with Crippen molar-refractivity contribution in [3.8, 4) is 0 Å².